The van der Waals surface area contributed by atoms with Gasteiger partial charge < -0.3 is 15.4 Å². The summed E-state index contributed by atoms with van der Waals surface area (Å²) in [6.07, 6.45) is 2.51. The Bertz CT molecular complexity index is 455. The monoisotopic (exact) mass is 248 g/mol. The third-order valence-corrected chi connectivity index (χ3v) is 3.74. The van der Waals surface area contributed by atoms with Gasteiger partial charge in [0.05, 0.1) is 24.0 Å². The van der Waals surface area contributed by atoms with E-state index in [9.17, 15) is 4.79 Å². The Labute approximate surface area is 108 Å². The minimum atomic E-state index is -0.341. The highest BCUT2D eigenvalue weighted by Crippen LogP contribution is 2.38. The second-order valence-corrected chi connectivity index (χ2v) is 4.92. The van der Waals surface area contributed by atoms with Crippen molar-refractivity contribution >= 4 is 17.3 Å². The number of ether oxygens (including phenoxy) is 1. The first kappa shape index (κ1) is 12.7. The van der Waals surface area contributed by atoms with Crippen LogP contribution in [0.25, 0.3) is 0 Å². The molecule has 1 aromatic rings. The van der Waals surface area contributed by atoms with Crippen molar-refractivity contribution in [2.45, 2.75) is 25.8 Å². The molecule has 0 spiro atoms. The number of hydrogen-bond donors (Lipinski definition) is 1. The molecule has 0 amide bonds. The van der Waals surface area contributed by atoms with E-state index in [0.717, 1.165) is 5.69 Å². The predicted molar refractivity (Wildman–Crippen MR) is 72.8 cm³/mol. The van der Waals surface area contributed by atoms with Crippen molar-refractivity contribution in [1.82, 2.24) is 0 Å². The summed E-state index contributed by atoms with van der Waals surface area (Å²) in [5.74, 6) is 0.368. The van der Waals surface area contributed by atoms with E-state index in [2.05, 4.69) is 11.8 Å². The highest BCUT2D eigenvalue weighted by Gasteiger charge is 2.32. The number of para-hydroxylation sites is 1. The summed E-state index contributed by atoms with van der Waals surface area (Å²) in [4.78, 5) is 13.9. The maximum atomic E-state index is 11.8. The molecule has 1 aliphatic carbocycles. The smallest absolute Gasteiger partial charge is 0.340 e. The van der Waals surface area contributed by atoms with Gasteiger partial charge in [-0.15, -0.1) is 0 Å². The van der Waals surface area contributed by atoms with Gasteiger partial charge in [0.2, 0.25) is 0 Å². The highest BCUT2D eigenvalue weighted by molar-refractivity contribution is 5.99. The minimum Gasteiger partial charge on any atom is -0.465 e. The number of nitrogen functional groups attached to an aromatic ring is 1. The Morgan fingerprint density at radius 3 is 2.72 bits per heavy atom. The number of hydrogen-bond acceptors (Lipinski definition) is 4. The summed E-state index contributed by atoms with van der Waals surface area (Å²) >= 11 is 0. The molecule has 0 radical (unpaired) electrons. The van der Waals surface area contributed by atoms with E-state index in [4.69, 9.17) is 10.5 Å². The van der Waals surface area contributed by atoms with Gasteiger partial charge in [0.1, 0.15) is 0 Å². The average molecular weight is 248 g/mol. The van der Waals surface area contributed by atoms with Crippen LogP contribution >= 0.6 is 0 Å². The van der Waals surface area contributed by atoms with Crippen molar-refractivity contribution < 1.29 is 9.53 Å². The molecular formula is C14H20N2O2. The topological polar surface area (TPSA) is 55.6 Å². The molecule has 2 rings (SSSR count). The van der Waals surface area contributed by atoms with Crippen molar-refractivity contribution in [2.75, 3.05) is 24.8 Å². The van der Waals surface area contributed by atoms with Crippen LogP contribution in [-0.4, -0.2) is 26.2 Å². The minimum absolute atomic E-state index is 0.341. The van der Waals surface area contributed by atoms with Crippen molar-refractivity contribution in [3.8, 4) is 0 Å². The maximum Gasteiger partial charge on any atom is 0.340 e. The van der Waals surface area contributed by atoms with Crippen LogP contribution in [0.5, 0.6) is 0 Å². The van der Waals surface area contributed by atoms with Crippen LogP contribution in [0.3, 0.4) is 0 Å². The molecule has 4 nitrogen and oxygen atoms in total. The lowest BCUT2D eigenvalue weighted by molar-refractivity contribution is 0.0601. The van der Waals surface area contributed by atoms with Crippen LogP contribution < -0.4 is 10.6 Å². The second-order valence-electron chi connectivity index (χ2n) is 4.92. The van der Waals surface area contributed by atoms with E-state index in [1.807, 2.05) is 13.1 Å². The molecule has 18 heavy (non-hydrogen) atoms. The summed E-state index contributed by atoms with van der Waals surface area (Å²) in [6.45, 7) is 2.17. The average Bonchev–Trinajstić information content (AvgIpc) is 3.20. The Balaban J connectivity index is 2.37. The molecule has 0 saturated heterocycles. The third kappa shape index (κ3) is 2.28. The summed E-state index contributed by atoms with van der Waals surface area (Å²) in [5.41, 5.74) is 7.96. The van der Waals surface area contributed by atoms with Gasteiger partial charge in [-0.25, -0.2) is 4.79 Å². The van der Waals surface area contributed by atoms with Gasteiger partial charge in [-0.1, -0.05) is 6.07 Å². The predicted octanol–water partition coefficient (Wildman–Crippen LogP) is 2.29. The van der Waals surface area contributed by atoms with Gasteiger partial charge in [0.25, 0.3) is 0 Å². The molecule has 0 heterocycles. The molecule has 1 saturated carbocycles. The first-order chi connectivity index (χ1) is 8.56. The van der Waals surface area contributed by atoms with Crippen LogP contribution in [0.2, 0.25) is 0 Å². The molecule has 1 aliphatic rings. The molecule has 2 N–H and O–H groups in total. The molecule has 0 aromatic heterocycles. The number of methoxy groups -OCH3 is 1. The standard InChI is InChI=1S/C14H20N2O2/c1-9(10-7-8-10)16(2)13-11(14(17)18-3)5-4-6-12(13)15/h4-6,9-10H,7-8,15H2,1-3H3. The van der Waals surface area contributed by atoms with Gasteiger partial charge >= 0.3 is 5.97 Å². The normalized spacial score (nSPS) is 16.2. The zero-order chi connectivity index (χ0) is 13.3. The van der Waals surface area contributed by atoms with Gasteiger partial charge in [-0.05, 0) is 37.8 Å². The highest BCUT2D eigenvalue weighted by atomic mass is 16.5. The molecular weight excluding hydrogens is 228 g/mol. The van der Waals surface area contributed by atoms with E-state index in [1.54, 1.807) is 12.1 Å². The zero-order valence-electron chi connectivity index (χ0n) is 11.1. The first-order valence-electron chi connectivity index (χ1n) is 6.26. The van der Waals surface area contributed by atoms with Crippen molar-refractivity contribution in [3.63, 3.8) is 0 Å². The van der Waals surface area contributed by atoms with Crippen LogP contribution in [-0.2, 0) is 4.74 Å². The molecule has 1 unspecified atom stereocenters. The Kier molecular flexibility index (Phi) is 3.45. The second kappa shape index (κ2) is 4.88. The van der Waals surface area contributed by atoms with Gasteiger partial charge in [-0.2, -0.15) is 0 Å². The number of rotatable bonds is 4. The lowest BCUT2D eigenvalue weighted by Gasteiger charge is -2.29. The van der Waals surface area contributed by atoms with E-state index >= 15 is 0 Å². The van der Waals surface area contributed by atoms with Crippen LogP contribution in [0.1, 0.15) is 30.1 Å². The molecule has 0 bridgehead atoms. The number of anilines is 2. The molecule has 4 heteroatoms. The number of esters is 1. The Hall–Kier alpha value is -1.71. The number of nitrogens with two attached hydrogens (primary N) is 1. The number of carbonyl (C=O) groups excluding carboxylic acids is 1. The summed E-state index contributed by atoms with van der Waals surface area (Å²) in [5, 5.41) is 0. The zero-order valence-corrected chi connectivity index (χ0v) is 11.1. The van der Waals surface area contributed by atoms with Gasteiger partial charge in [0, 0.05) is 13.1 Å². The van der Waals surface area contributed by atoms with Crippen LogP contribution in [0, 0.1) is 5.92 Å². The number of carbonyl (C=O) groups is 1. The summed E-state index contributed by atoms with van der Waals surface area (Å²) in [6, 6.07) is 5.74. The van der Waals surface area contributed by atoms with Crippen molar-refractivity contribution in [1.29, 1.82) is 0 Å². The van der Waals surface area contributed by atoms with E-state index in [0.29, 0.717) is 23.2 Å². The Morgan fingerprint density at radius 2 is 2.17 bits per heavy atom. The van der Waals surface area contributed by atoms with E-state index < -0.39 is 0 Å². The maximum absolute atomic E-state index is 11.8. The molecule has 1 aromatic carbocycles. The fourth-order valence-corrected chi connectivity index (χ4v) is 2.33. The summed E-state index contributed by atoms with van der Waals surface area (Å²) < 4.78 is 4.82. The fraction of sp³-hybridized carbons (Fsp3) is 0.500. The number of benzene rings is 1. The Morgan fingerprint density at radius 1 is 1.50 bits per heavy atom. The van der Waals surface area contributed by atoms with E-state index in [1.165, 1.54) is 20.0 Å². The van der Waals surface area contributed by atoms with Gasteiger partial charge in [0.15, 0.2) is 0 Å². The fourth-order valence-electron chi connectivity index (χ4n) is 2.33. The van der Waals surface area contributed by atoms with E-state index in [-0.39, 0.29) is 5.97 Å². The van der Waals surface area contributed by atoms with Gasteiger partial charge in [-0.3, -0.25) is 0 Å². The van der Waals surface area contributed by atoms with Crippen LogP contribution in [0.15, 0.2) is 18.2 Å². The molecule has 1 atom stereocenters. The third-order valence-electron chi connectivity index (χ3n) is 3.74. The summed E-state index contributed by atoms with van der Waals surface area (Å²) in [7, 11) is 3.38. The van der Waals surface area contributed by atoms with Crippen molar-refractivity contribution in [2.24, 2.45) is 5.92 Å². The number of nitrogens with zero attached hydrogens (tertiary/aromatic N) is 1. The quantitative estimate of drug-likeness (QED) is 0.656. The lowest BCUT2D eigenvalue weighted by atomic mass is 10.1. The molecule has 0 aliphatic heterocycles. The largest absolute Gasteiger partial charge is 0.465 e. The SMILES string of the molecule is COC(=O)c1cccc(N)c1N(C)C(C)C1CC1. The molecule has 98 valence electrons. The molecule has 1 fully saturated rings. The van der Waals surface area contributed by atoms with Crippen LogP contribution in [0.4, 0.5) is 11.4 Å². The first-order valence-corrected chi connectivity index (χ1v) is 6.26. The van der Waals surface area contributed by atoms with Crippen molar-refractivity contribution in [3.05, 3.63) is 23.8 Å². The lowest BCUT2D eigenvalue weighted by Crippen LogP contribution is -2.32.